The van der Waals surface area contributed by atoms with Gasteiger partial charge in [0.25, 0.3) is 0 Å². The molecule has 0 aromatic heterocycles. The zero-order valence-corrected chi connectivity index (χ0v) is 13.0. The molecule has 1 aliphatic rings. The highest BCUT2D eigenvalue weighted by Gasteiger charge is 2.25. The molecule has 0 radical (unpaired) electrons. The summed E-state index contributed by atoms with van der Waals surface area (Å²) >= 11 is 1.49. The van der Waals surface area contributed by atoms with E-state index in [-0.39, 0.29) is 0 Å². The van der Waals surface area contributed by atoms with Gasteiger partial charge in [-0.05, 0) is 37.1 Å². The van der Waals surface area contributed by atoms with E-state index in [0.29, 0.717) is 17.5 Å². The lowest BCUT2D eigenvalue weighted by atomic mass is 9.82. The molecule has 1 fully saturated rings. The fourth-order valence-electron chi connectivity index (χ4n) is 3.13. The van der Waals surface area contributed by atoms with Crippen LogP contribution in [0.4, 0.5) is 5.69 Å². The van der Waals surface area contributed by atoms with Crippen molar-refractivity contribution in [3.05, 3.63) is 23.8 Å². The number of benzene rings is 1. The van der Waals surface area contributed by atoms with Crippen molar-refractivity contribution < 1.29 is 9.90 Å². The van der Waals surface area contributed by atoms with Crippen molar-refractivity contribution in [3.63, 3.8) is 0 Å². The van der Waals surface area contributed by atoms with Gasteiger partial charge in [0.1, 0.15) is 0 Å². The Kier molecular flexibility index (Phi) is 5.35. The Balaban J connectivity index is 2.26. The molecule has 0 spiro atoms. The molecule has 0 heterocycles. The zero-order valence-electron chi connectivity index (χ0n) is 12.2. The number of hydrogen-bond donors (Lipinski definition) is 2. The fourth-order valence-corrected chi connectivity index (χ4v) is 3.74. The second-order valence-corrected chi connectivity index (χ2v) is 6.24. The first-order valence-corrected chi connectivity index (χ1v) is 8.56. The van der Waals surface area contributed by atoms with Gasteiger partial charge in [0.2, 0.25) is 0 Å². The van der Waals surface area contributed by atoms with Crippen molar-refractivity contribution in [1.29, 1.82) is 0 Å². The van der Waals surface area contributed by atoms with Crippen LogP contribution in [0.1, 0.15) is 49.4 Å². The molecule has 2 unspecified atom stereocenters. The highest BCUT2D eigenvalue weighted by molar-refractivity contribution is 7.98. The number of anilines is 1. The summed E-state index contributed by atoms with van der Waals surface area (Å²) in [6.45, 7) is 2.22. The molecule has 1 saturated carbocycles. The third-order valence-corrected chi connectivity index (χ3v) is 5.01. The van der Waals surface area contributed by atoms with Crippen LogP contribution in [0.15, 0.2) is 23.1 Å². The van der Waals surface area contributed by atoms with Crippen LogP contribution in [0.3, 0.4) is 0 Å². The van der Waals surface area contributed by atoms with Gasteiger partial charge in [0, 0.05) is 10.9 Å². The third kappa shape index (κ3) is 3.29. The summed E-state index contributed by atoms with van der Waals surface area (Å²) < 4.78 is 0. The monoisotopic (exact) mass is 293 g/mol. The average Bonchev–Trinajstić information content (AvgIpc) is 2.47. The van der Waals surface area contributed by atoms with Gasteiger partial charge in [-0.2, -0.15) is 0 Å². The van der Waals surface area contributed by atoms with Crippen LogP contribution < -0.4 is 5.32 Å². The van der Waals surface area contributed by atoms with Crippen LogP contribution in [0, 0.1) is 5.92 Å². The molecule has 0 aliphatic heterocycles. The normalized spacial score (nSPS) is 22.5. The number of carboxylic acids is 1. The van der Waals surface area contributed by atoms with E-state index >= 15 is 0 Å². The summed E-state index contributed by atoms with van der Waals surface area (Å²) in [4.78, 5) is 12.4. The number of carbonyl (C=O) groups is 1. The van der Waals surface area contributed by atoms with Gasteiger partial charge < -0.3 is 10.4 Å². The van der Waals surface area contributed by atoms with Crippen molar-refractivity contribution in [1.82, 2.24) is 0 Å². The standard InChI is InChI=1S/C16H23NO2S/c1-3-11-7-4-5-8-12(11)17-13-9-6-10-14(20-2)15(13)16(18)19/h6,9-12,17H,3-5,7-8H2,1-2H3,(H,18,19). The van der Waals surface area contributed by atoms with Crippen molar-refractivity contribution >= 4 is 23.4 Å². The van der Waals surface area contributed by atoms with Gasteiger partial charge >= 0.3 is 5.97 Å². The molecule has 110 valence electrons. The van der Waals surface area contributed by atoms with Gasteiger partial charge in [-0.15, -0.1) is 11.8 Å². The number of nitrogens with one attached hydrogen (secondary N) is 1. The first-order chi connectivity index (χ1) is 9.67. The summed E-state index contributed by atoms with van der Waals surface area (Å²) in [6, 6.07) is 6.11. The number of carboxylic acid groups (broad SMARTS) is 1. The summed E-state index contributed by atoms with van der Waals surface area (Å²) in [5.74, 6) is -0.190. The number of hydrogen-bond acceptors (Lipinski definition) is 3. The molecule has 1 aromatic rings. The van der Waals surface area contributed by atoms with Crippen LogP contribution >= 0.6 is 11.8 Å². The molecule has 2 N–H and O–H groups in total. The van der Waals surface area contributed by atoms with E-state index in [2.05, 4.69) is 12.2 Å². The second-order valence-electron chi connectivity index (χ2n) is 5.39. The van der Waals surface area contributed by atoms with E-state index in [1.807, 2.05) is 24.5 Å². The maximum absolute atomic E-state index is 11.5. The Bertz CT molecular complexity index is 476. The third-order valence-electron chi connectivity index (χ3n) is 4.23. The van der Waals surface area contributed by atoms with Gasteiger partial charge in [-0.25, -0.2) is 4.79 Å². The molecule has 0 saturated heterocycles. The first-order valence-electron chi connectivity index (χ1n) is 7.34. The predicted octanol–water partition coefficient (Wildman–Crippen LogP) is 4.49. The molecule has 20 heavy (non-hydrogen) atoms. The van der Waals surface area contributed by atoms with E-state index < -0.39 is 5.97 Å². The Hall–Kier alpha value is -1.16. The lowest BCUT2D eigenvalue weighted by Crippen LogP contribution is -2.32. The molecule has 1 aromatic carbocycles. The summed E-state index contributed by atoms with van der Waals surface area (Å²) in [5, 5.41) is 13.0. The highest BCUT2D eigenvalue weighted by Crippen LogP contribution is 2.33. The molecule has 3 nitrogen and oxygen atoms in total. The largest absolute Gasteiger partial charge is 0.478 e. The van der Waals surface area contributed by atoms with Gasteiger partial charge in [0.05, 0.1) is 11.3 Å². The predicted molar refractivity (Wildman–Crippen MR) is 84.8 cm³/mol. The van der Waals surface area contributed by atoms with E-state index in [9.17, 15) is 9.90 Å². The molecule has 0 bridgehead atoms. The van der Waals surface area contributed by atoms with Crippen LogP contribution in [-0.2, 0) is 0 Å². The van der Waals surface area contributed by atoms with Crippen molar-refractivity contribution in [2.45, 2.75) is 50.0 Å². The molecule has 1 aliphatic carbocycles. The smallest absolute Gasteiger partial charge is 0.338 e. The maximum atomic E-state index is 11.5. The van der Waals surface area contributed by atoms with Gasteiger partial charge in [-0.1, -0.05) is 32.3 Å². The van der Waals surface area contributed by atoms with E-state index in [4.69, 9.17) is 0 Å². The topological polar surface area (TPSA) is 49.3 Å². The van der Waals surface area contributed by atoms with Crippen LogP contribution in [0.25, 0.3) is 0 Å². The zero-order chi connectivity index (χ0) is 14.5. The Morgan fingerprint density at radius 3 is 2.80 bits per heavy atom. The lowest BCUT2D eigenvalue weighted by Gasteiger charge is -2.32. The summed E-state index contributed by atoms with van der Waals surface area (Å²) in [7, 11) is 0. The number of aromatic carboxylic acids is 1. The molecule has 2 rings (SSSR count). The maximum Gasteiger partial charge on any atom is 0.338 e. The Labute approximate surface area is 125 Å². The minimum atomic E-state index is -0.846. The molecular formula is C16H23NO2S. The second kappa shape index (κ2) is 7.02. The number of rotatable bonds is 5. The van der Waals surface area contributed by atoms with E-state index in [1.165, 1.54) is 31.0 Å². The summed E-state index contributed by atoms with van der Waals surface area (Å²) in [5.41, 5.74) is 1.19. The lowest BCUT2D eigenvalue weighted by molar-refractivity contribution is 0.0694. The van der Waals surface area contributed by atoms with Crippen molar-refractivity contribution in [2.75, 3.05) is 11.6 Å². The Morgan fingerprint density at radius 2 is 2.15 bits per heavy atom. The highest BCUT2D eigenvalue weighted by atomic mass is 32.2. The van der Waals surface area contributed by atoms with E-state index in [1.54, 1.807) is 0 Å². The minimum absolute atomic E-state index is 0.406. The molecule has 0 amide bonds. The van der Waals surface area contributed by atoms with Crippen molar-refractivity contribution in [3.8, 4) is 0 Å². The fraction of sp³-hybridized carbons (Fsp3) is 0.562. The van der Waals surface area contributed by atoms with Gasteiger partial charge in [-0.3, -0.25) is 0 Å². The van der Waals surface area contributed by atoms with Crippen LogP contribution in [0.5, 0.6) is 0 Å². The quantitative estimate of drug-likeness (QED) is 0.785. The molecule has 2 atom stereocenters. The summed E-state index contributed by atoms with van der Waals surface area (Å²) in [6.07, 6.45) is 8.00. The first kappa shape index (κ1) is 15.2. The van der Waals surface area contributed by atoms with Gasteiger partial charge in [0.15, 0.2) is 0 Å². The average molecular weight is 293 g/mol. The SMILES string of the molecule is CCC1CCCCC1Nc1cccc(SC)c1C(=O)O. The number of thioether (sulfide) groups is 1. The van der Waals surface area contributed by atoms with Crippen molar-refractivity contribution in [2.24, 2.45) is 5.92 Å². The molecule has 4 heteroatoms. The Morgan fingerprint density at radius 1 is 1.40 bits per heavy atom. The van der Waals surface area contributed by atoms with Crippen LogP contribution in [-0.4, -0.2) is 23.4 Å². The van der Waals surface area contributed by atoms with Crippen LogP contribution in [0.2, 0.25) is 0 Å². The molecular weight excluding hydrogens is 270 g/mol. The minimum Gasteiger partial charge on any atom is -0.478 e. The van der Waals surface area contributed by atoms with E-state index in [0.717, 1.165) is 23.4 Å².